The third-order valence-electron chi connectivity index (χ3n) is 5.08. The topological polar surface area (TPSA) is 62.3 Å². The van der Waals surface area contributed by atoms with Gasteiger partial charge in [-0.05, 0) is 31.5 Å². The minimum Gasteiger partial charge on any atom is -0.361 e. The van der Waals surface area contributed by atoms with Crippen LogP contribution < -0.4 is 0 Å². The number of aryl methyl sites for hydroxylation is 2. The molecule has 25 heavy (non-hydrogen) atoms. The summed E-state index contributed by atoms with van der Waals surface area (Å²) in [5.41, 5.74) is 5.18. The van der Waals surface area contributed by atoms with Gasteiger partial charge in [0.2, 0.25) is 6.04 Å². The third-order valence-corrected chi connectivity index (χ3v) is 5.08. The molecule has 1 fully saturated rings. The van der Waals surface area contributed by atoms with Gasteiger partial charge in [-0.15, -0.1) is 0 Å². The van der Waals surface area contributed by atoms with Crippen molar-refractivity contribution in [1.29, 1.82) is 0 Å². The van der Waals surface area contributed by atoms with Crippen LogP contribution in [0.15, 0.2) is 22.7 Å². The smallest absolute Gasteiger partial charge is 0.226 e. The summed E-state index contributed by atoms with van der Waals surface area (Å²) in [5.74, 6) is 0.836. The molecule has 0 radical (unpaired) electrons. The van der Waals surface area contributed by atoms with Gasteiger partial charge < -0.3 is 9.37 Å². The van der Waals surface area contributed by atoms with Crippen LogP contribution in [0.5, 0.6) is 0 Å². The van der Waals surface area contributed by atoms with Crippen LogP contribution in [0.1, 0.15) is 30.0 Å². The predicted octanol–water partition coefficient (Wildman–Crippen LogP) is 3.72. The summed E-state index contributed by atoms with van der Waals surface area (Å²) in [7, 11) is 0. The molecule has 3 aromatic rings. The fraction of sp³-hybridized carbons (Fsp3) is 0.421. The molecule has 0 spiro atoms. The summed E-state index contributed by atoms with van der Waals surface area (Å²) < 4.78 is 5.31. The molecule has 0 bridgehead atoms. The summed E-state index contributed by atoms with van der Waals surface area (Å²) >= 11 is 0. The van der Waals surface area contributed by atoms with Gasteiger partial charge in [0.05, 0.1) is 16.9 Å². The van der Waals surface area contributed by atoms with Gasteiger partial charge in [-0.25, -0.2) is 6.57 Å². The van der Waals surface area contributed by atoms with Crippen LogP contribution in [-0.2, 0) is 6.54 Å². The van der Waals surface area contributed by atoms with Gasteiger partial charge in [0.15, 0.2) is 0 Å². The van der Waals surface area contributed by atoms with Gasteiger partial charge in [-0.3, -0.25) is 10.00 Å². The molecular formula is C19H21N5O. The maximum Gasteiger partial charge on any atom is 0.226 e. The largest absolute Gasteiger partial charge is 0.361 e. The lowest BCUT2D eigenvalue weighted by Gasteiger charge is -2.26. The molecular weight excluding hydrogens is 314 g/mol. The first-order valence-electron chi connectivity index (χ1n) is 8.65. The highest BCUT2D eigenvalue weighted by Crippen LogP contribution is 2.30. The van der Waals surface area contributed by atoms with Crippen LogP contribution in [0.2, 0.25) is 0 Å². The van der Waals surface area contributed by atoms with Crippen molar-refractivity contribution in [2.24, 2.45) is 0 Å². The normalized spacial score (nSPS) is 16.4. The van der Waals surface area contributed by atoms with Gasteiger partial charge in [-0.2, -0.15) is 5.10 Å². The standard InChI is InChI=1S/C19H21N5O/c1-12-19(13(2)25-23-12)14-4-5-17-16(10-14)18(22-21-17)11-24-8-6-15(20-3)7-9-24/h4-5,10,15H,6-9,11H2,1-2H3,(H,21,22). The van der Waals surface area contributed by atoms with E-state index in [4.69, 9.17) is 11.1 Å². The molecule has 1 aromatic carbocycles. The van der Waals surface area contributed by atoms with Crippen molar-refractivity contribution in [3.05, 3.63) is 46.8 Å². The van der Waals surface area contributed by atoms with E-state index in [0.29, 0.717) is 0 Å². The highest BCUT2D eigenvalue weighted by atomic mass is 16.5. The maximum absolute atomic E-state index is 7.17. The Balaban J connectivity index is 1.63. The summed E-state index contributed by atoms with van der Waals surface area (Å²) in [6.45, 7) is 13.9. The summed E-state index contributed by atoms with van der Waals surface area (Å²) in [6, 6.07) is 6.48. The maximum atomic E-state index is 7.17. The zero-order chi connectivity index (χ0) is 17.4. The van der Waals surface area contributed by atoms with Crippen molar-refractivity contribution in [1.82, 2.24) is 20.3 Å². The Hall–Kier alpha value is -2.65. The Labute approximate surface area is 146 Å². The molecule has 3 heterocycles. The van der Waals surface area contributed by atoms with E-state index in [2.05, 4.69) is 37.2 Å². The zero-order valence-electron chi connectivity index (χ0n) is 14.5. The van der Waals surface area contributed by atoms with Crippen LogP contribution in [0.25, 0.3) is 26.9 Å². The molecule has 128 valence electrons. The molecule has 2 aromatic heterocycles. The number of fused-ring (bicyclic) bond motifs is 1. The van der Waals surface area contributed by atoms with Crippen molar-refractivity contribution in [2.75, 3.05) is 13.1 Å². The van der Waals surface area contributed by atoms with Gasteiger partial charge in [0.25, 0.3) is 0 Å². The summed E-state index contributed by atoms with van der Waals surface area (Å²) in [5, 5.41) is 12.8. The highest BCUT2D eigenvalue weighted by molar-refractivity contribution is 5.87. The molecule has 1 saturated heterocycles. The van der Waals surface area contributed by atoms with E-state index in [-0.39, 0.29) is 6.04 Å². The number of benzene rings is 1. The number of hydrogen-bond donors (Lipinski definition) is 1. The minimum absolute atomic E-state index is 0.195. The average molecular weight is 335 g/mol. The second-order valence-electron chi connectivity index (χ2n) is 6.77. The van der Waals surface area contributed by atoms with Crippen molar-refractivity contribution in [3.63, 3.8) is 0 Å². The fourth-order valence-electron chi connectivity index (χ4n) is 3.66. The fourth-order valence-corrected chi connectivity index (χ4v) is 3.66. The molecule has 0 saturated carbocycles. The van der Waals surface area contributed by atoms with Crippen LogP contribution in [0.3, 0.4) is 0 Å². The Morgan fingerprint density at radius 1 is 1.32 bits per heavy atom. The van der Waals surface area contributed by atoms with Crippen LogP contribution in [-0.4, -0.2) is 39.4 Å². The number of nitrogens with zero attached hydrogens (tertiary/aromatic N) is 4. The SMILES string of the molecule is [C-]#[N+]C1CCN(Cc2[nH]nc3ccc(-c4c(C)noc4C)cc23)CC1. The lowest BCUT2D eigenvalue weighted by molar-refractivity contribution is 0.214. The number of rotatable bonds is 3. The van der Waals surface area contributed by atoms with Crippen LogP contribution in [0, 0.1) is 20.4 Å². The molecule has 0 aliphatic carbocycles. The first kappa shape index (κ1) is 15.9. The molecule has 4 rings (SSSR count). The molecule has 1 aliphatic rings. The van der Waals surface area contributed by atoms with Gasteiger partial charge in [0.1, 0.15) is 5.76 Å². The number of likely N-dealkylation sites (tertiary alicyclic amines) is 1. The Morgan fingerprint density at radius 2 is 2.12 bits per heavy atom. The highest BCUT2D eigenvalue weighted by Gasteiger charge is 2.23. The van der Waals surface area contributed by atoms with Gasteiger partial charge in [0, 0.05) is 43.4 Å². The summed E-state index contributed by atoms with van der Waals surface area (Å²) in [4.78, 5) is 6.07. The predicted molar refractivity (Wildman–Crippen MR) is 96.0 cm³/mol. The van der Waals surface area contributed by atoms with E-state index in [1.807, 2.05) is 19.9 Å². The van der Waals surface area contributed by atoms with Crippen molar-refractivity contribution >= 4 is 10.9 Å². The zero-order valence-corrected chi connectivity index (χ0v) is 14.5. The number of aromatic amines is 1. The van der Waals surface area contributed by atoms with E-state index in [1.54, 1.807) is 0 Å². The van der Waals surface area contributed by atoms with Gasteiger partial charge in [-0.1, -0.05) is 11.2 Å². The van der Waals surface area contributed by atoms with E-state index in [0.717, 1.165) is 71.7 Å². The van der Waals surface area contributed by atoms with Crippen molar-refractivity contribution in [2.45, 2.75) is 39.3 Å². The van der Waals surface area contributed by atoms with E-state index in [9.17, 15) is 0 Å². The number of nitrogens with one attached hydrogen (secondary N) is 1. The van der Waals surface area contributed by atoms with E-state index in [1.165, 1.54) is 0 Å². The molecule has 0 atom stereocenters. The Bertz CT molecular complexity index is 921. The number of H-pyrrole nitrogens is 1. The molecule has 6 heteroatoms. The summed E-state index contributed by atoms with van der Waals surface area (Å²) in [6.07, 6.45) is 1.92. The van der Waals surface area contributed by atoms with Crippen LogP contribution in [0.4, 0.5) is 0 Å². The van der Waals surface area contributed by atoms with Gasteiger partial charge >= 0.3 is 0 Å². The molecule has 6 nitrogen and oxygen atoms in total. The molecule has 1 N–H and O–H groups in total. The Morgan fingerprint density at radius 3 is 2.80 bits per heavy atom. The number of piperidine rings is 1. The lowest BCUT2D eigenvalue weighted by Crippen LogP contribution is -2.34. The van der Waals surface area contributed by atoms with E-state index >= 15 is 0 Å². The molecule has 0 unspecified atom stereocenters. The quantitative estimate of drug-likeness (QED) is 0.741. The first-order valence-corrected chi connectivity index (χ1v) is 8.65. The minimum atomic E-state index is 0.195. The second kappa shape index (κ2) is 6.34. The third kappa shape index (κ3) is 2.92. The number of aromatic nitrogens is 3. The monoisotopic (exact) mass is 335 g/mol. The molecule has 0 amide bonds. The van der Waals surface area contributed by atoms with E-state index < -0.39 is 0 Å². The van der Waals surface area contributed by atoms with Crippen molar-refractivity contribution < 1.29 is 4.52 Å². The van der Waals surface area contributed by atoms with Crippen molar-refractivity contribution in [3.8, 4) is 11.1 Å². The molecule has 1 aliphatic heterocycles. The average Bonchev–Trinajstić information content (AvgIpc) is 3.18. The van der Waals surface area contributed by atoms with Crippen LogP contribution >= 0.6 is 0 Å². The lowest BCUT2D eigenvalue weighted by atomic mass is 10.0. The number of hydrogen-bond acceptors (Lipinski definition) is 4. The first-order chi connectivity index (χ1) is 12.2. The second-order valence-corrected chi connectivity index (χ2v) is 6.77. The Kier molecular flexibility index (Phi) is 4.02.